The van der Waals surface area contributed by atoms with Gasteiger partial charge in [0.15, 0.2) is 0 Å². The van der Waals surface area contributed by atoms with E-state index >= 15 is 0 Å². The first-order valence-corrected chi connectivity index (χ1v) is 10.9. The average molecular weight is 389 g/mol. The van der Waals surface area contributed by atoms with Gasteiger partial charge in [0.25, 0.3) is 0 Å². The van der Waals surface area contributed by atoms with Crippen LogP contribution < -0.4 is 9.62 Å². The molecule has 0 fully saturated rings. The van der Waals surface area contributed by atoms with Gasteiger partial charge >= 0.3 is 0 Å². The number of nitrogens with one attached hydrogen (secondary N) is 1. The number of hydrogen-bond acceptors (Lipinski definition) is 3. The van der Waals surface area contributed by atoms with Crippen molar-refractivity contribution >= 4 is 27.3 Å². The average Bonchev–Trinajstić information content (AvgIpc) is 2.56. The van der Waals surface area contributed by atoms with E-state index < -0.39 is 10.0 Å². The number of sulfonamides is 1. The highest BCUT2D eigenvalue weighted by Gasteiger charge is 2.22. The van der Waals surface area contributed by atoms with Gasteiger partial charge in [-0.3, -0.25) is 9.10 Å². The van der Waals surface area contributed by atoms with E-state index in [4.69, 9.17) is 0 Å². The summed E-state index contributed by atoms with van der Waals surface area (Å²) < 4.78 is 26.0. The van der Waals surface area contributed by atoms with Crippen molar-refractivity contribution in [2.75, 3.05) is 22.4 Å². The zero-order chi connectivity index (χ0) is 20.2. The van der Waals surface area contributed by atoms with Crippen LogP contribution in [0.3, 0.4) is 0 Å². The normalized spacial score (nSPS) is 11.5. The lowest BCUT2D eigenvalue weighted by atomic mass is 10.0. The van der Waals surface area contributed by atoms with E-state index in [9.17, 15) is 13.2 Å². The van der Waals surface area contributed by atoms with Gasteiger partial charge in [-0.2, -0.15) is 0 Å². The Kier molecular flexibility index (Phi) is 6.65. The maximum absolute atomic E-state index is 12.5. The predicted octanol–water partition coefficient (Wildman–Crippen LogP) is 4.22. The molecule has 0 aliphatic carbocycles. The van der Waals surface area contributed by atoms with Crippen molar-refractivity contribution in [3.05, 3.63) is 59.2 Å². The molecule has 0 bridgehead atoms. The van der Waals surface area contributed by atoms with E-state index in [1.165, 1.54) is 10.6 Å². The number of nitrogens with zero attached hydrogens (tertiary/aromatic N) is 1. The Labute approximate surface area is 162 Å². The molecular formula is C21H28N2O3S. The van der Waals surface area contributed by atoms with E-state index in [0.717, 1.165) is 22.4 Å². The Hall–Kier alpha value is -2.34. The number of benzene rings is 2. The van der Waals surface area contributed by atoms with E-state index in [0.29, 0.717) is 5.69 Å². The van der Waals surface area contributed by atoms with Gasteiger partial charge in [-0.25, -0.2) is 8.42 Å². The second-order valence-electron chi connectivity index (χ2n) is 7.12. The third kappa shape index (κ3) is 5.32. The summed E-state index contributed by atoms with van der Waals surface area (Å²) in [7, 11) is -3.50. The maximum atomic E-state index is 12.5. The van der Waals surface area contributed by atoms with Gasteiger partial charge < -0.3 is 5.32 Å². The van der Waals surface area contributed by atoms with Gasteiger partial charge in [0, 0.05) is 18.7 Å². The van der Waals surface area contributed by atoms with Crippen molar-refractivity contribution in [2.45, 2.75) is 40.0 Å². The zero-order valence-corrected chi connectivity index (χ0v) is 17.4. The number of para-hydroxylation sites is 2. The summed E-state index contributed by atoms with van der Waals surface area (Å²) >= 11 is 0. The van der Waals surface area contributed by atoms with Gasteiger partial charge in [0.1, 0.15) is 0 Å². The Bertz CT molecular complexity index is 901. The largest absolute Gasteiger partial charge is 0.326 e. The summed E-state index contributed by atoms with van der Waals surface area (Å²) in [6, 6.07) is 13.3. The number of carbonyl (C=O) groups is 1. The second kappa shape index (κ2) is 8.57. The molecule has 146 valence electrons. The lowest BCUT2D eigenvalue weighted by Crippen LogP contribution is -2.34. The Morgan fingerprint density at radius 3 is 2.19 bits per heavy atom. The number of rotatable bonds is 7. The molecule has 0 radical (unpaired) electrons. The lowest BCUT2D eigenvalue weighted by Gasteiger charge is -2.26. The first-order valence-electron chi connectivity index (χ1n) is 9.04. The molecule has 0 aromatic heterocycles. The summed E-state index contributed by atoms with van der Waals surface area (Å²) in [4.78, 5) is 12.5. The van der Waals surface area contributed by atoms with E-state index in [-0.39, 0.29) is 24.8 Å². The minimum absolute atomic E-state index is 0.0767. The SMILES string of the molecule is Cc1cccc(C)c1N(CCC(=O)Nc1ccccc1C(C)C)S(C)(=O)=O. The van der Waals surface area contributed by atoms with Crippen molar-refractivity contribution in [3.8, 4) is 0 Å². The number of carbonyl (C=O) groups excluding carboxylic acids is 1. The van der Waals surface area contributed by atoms with Crippen molar-refractivity contribution in [2.24, 2.45) is 0 Å². The van der Waals surface area contributed by atoms with Gasteiger partial charge in [-0.1, -0.05) is 50.2 Å². The first-order chi connectivity index (χ1) is 12.6. The number of amides is 1. The highest BCUT2D eigenvalue weighted by atomic mass is 32.2. The molecule has 0 heterocycles. The number of aryl methyl sites for hydroxylation is 2. The van der Waals surface area contributed by atoms with Crippen LogP contribution in [0.5, 0.6) is 0 Å². The highest BCUT2D eigenvalue weighted by Crippen LogP contribution is 2.27. The monoisotopic (exact) mass is 388 g/mol. The van der Waals surface area contributed by atoms with Gasteiger partial charge in [0.05, 0.1) is 11.9 Å². The van der Waals surface area contributed by atoms with Crippen molar-refractivity contribution in [3.63, 3.8) is 0 Å². The highest BCUT2D eigenvalue weighted by molar-refractivity contribution is 7.92. The van der Waals surface area contributed by atoms with Gasteiger partial charge in [-0.05, 0) is 42.5 Å². The zero-order valence-electron chi connectivity index (χ0n) is 16.6. The minimum atomic E-state index is -3.50. The topological polar surface area (TPSA) is 66.5 Å². The summed E-state index contributed by atoms with van der Waals surface area (Å²) in [6.07, 6.45) is 1.25. The molecule has 2 aromatic rings. The molecule has 1 N–H and O–H groups in total. The molecular weight excluding hydrogens is 360 g/mol. The summed E-state index contributed by atoms with van der Waals surface area (Å²) in [5, 5.41) is 2.92. The molecule has 27 heavy (non-hydrogen) atoms. The molecule has 2 aromatic carbocycles. The second-order valence-corrected chi connectivity index (χ2v) is 9.02. The van der Waals surface area contributed by atoms with E-state index in [1.54, 1.807) is 0 Å². The maximum Gasteiger partial charge on any atom is 0.232 e. The van der Waals surface area contributed by atoms with Crippen LogP contribution in [-0.4, -0.2) is 27.1 Å². The number of hydrogen-bond donors (Lipinski definition) is 1. The van der Waals surface area contributed by atoms with E-state index in [2.05, 4.69) is 19.2 Å². The number of anilines is 2. The van der Waals surface area contributed by atoms with Crippen LogP contribution in [0.25, 0.3) is 0 Å². The molecule has 0 unspecified atom stereocenters. The fourth-order valence-corrected chi connectivity index (χ4v) is 4.22. The molecule has 0 saturated carbocycles. The minimum Gasteiger partial charge on any atom is -0.326 e. The lowest BCUT2D eigenvalue weighted by molar-refractivity contribution is -0.116. The fourth-order valence-electron chi connectivity index (χ4n) is 3.17. The van der Waals surface area contributed by atoms with Gasteiger partial charge in [0.2, 0.25) is 15.9 Å². The van der Waals surface area contributed by atoms with Gasteiger partial charge in [-0.15, -0.1) is 0 Å². The molecule has 1 amide bonds. The molecule has 0 saturated heterocycles. The molecule has 0 aliphatic heterocycles. The van der Waals surface area contributed by atoms with Crippen LogP contribution in [0.15, 0.2) is 42.5 Å². The van der Waals surface area contributed by atoms with Crippen LogP contribution >= 0.6 is 0 Å². The molecule has 6 heteroatoms. The third-order valence-corrected chi connectivity index (χ3v) is 5.65. The third-order valence-electron chi connectivity index (χ3n) is 4.49. The Morgan fingerprint density at radius 1 is 1.04 bits per heavy atom. The summed E-state index contributed by atoms with van der Waals surface area (Å²) in [6.45, 7) is 7.98. The summed E-state index contributed by atoms with van der Waals surface area (Å²) in [5.74, 6) is 0.0756. The molecule has 0 atom stereocenters. The first kappa shape index (κ1) is 21.0. The Morgan fingerprint density at radius 2 is 1.63 bits per heavy atom. The van der Waals surface area contributed by atoms with Crippen molar-refractivity contribution in [1.29, 1.82) is 0 Å². The van der Waals surface area contributed by atoms with Crippen molar-refractivity contribution in [1.82, 2.24) is 0 Å². The fraction of sp³-hybridized carbons (Fsp3) is 0.381. The molecule has 5 nitrogen and oxygen atoms in total. The molecule has 0 spiro atoms. The van der Waals surface area contributed by atoms with Crippen LogP contribution in [0.2, 0.25) is 0 Å². The van der Waals surface area contributed by atoms with Crippen LogP contribution in [0, 0.1) is 13.8 Å². The standard InChI is InChI=1S/C21H28N2O3S/c1-15(2)18-11-6-7-12-19(18)22-20(24)13-14-23(27(5,25)26)21-16(3)9-8-10-17(21)4/h6-12,15H,13-14H2,1-5H3,(H,22,24). The predicted molar refractivity (Wildman–Crippen MR) is 112 cm³/mol. The van der Waals surface area contributed by atoms with Crippen molar-refractivity contribution < 1.29 is 13.2 Å². The molecule has 2 rings (SSSR count). The molecule has 0 aliphatic rings. The van der Waals surface area contributed by atoms with Crippen LogP contribution in [0.1, 0.15) is 42.9 Å². The quantitative estimate of drug-likeness (QED) is 0.772. The smallest absolute Gasteiger partial charge is 0.232 e. The van der Waals surface area contributed by atoms with E-state index in [1.807, 2.05) is 56.3 Å². The summed E-state index contributed by atoms with van der Waals surface area (Å²) in [5.41, 5.74) is 4.21. The Balaban J connectivity index is 2.18. The van der Waals surface area contributed by atoms with Crippen LogP contribution in [-0.2, 0) is 14.8 Å². The van der Waals surface area contributed by atoms with Crippen LogP contribution in [0.4, 0.5) is 11.4 Å².